The molecule has 0 saturated heterocycles. The molecule has 0 bridgehead atoms. The zero-order valence-corrected chi connectivity index (χ0v) is 26.4. The summed E-state index contributed by atoms with van der Waals surface area (Å²) in [5.74, 6) is 0. The van der Waals surface area contributed by atoms with Crippen LogP contribution in [-0.2, 0) is 18.6 Å². The summed E-state index contributed by atoms with van der Waals surface area (Å²) in [6, 6.07) is 0. The molecule has 0 aliphatic carbocycles. The lowest BCUT2D eigenvalue weighted by molar-refractivity contribution is -0.870. The van der Waals surface area contributed by atoms with Gasteiger partial charge in [-0.05, 0) is 25.7 Å². The van der Waals surface area contributed by atoms with Gasteiger partial charge in [0.15, 0.2) is 0 Å². The molecule has 0 aliphatic heterocycles. The summed E-state index contributed by atoms with van der Waals surface area (Å²) in [6.45, 7) is 4.85. The highest BCUT2D eigenvalue weighted by Gasteiger charge is 2.22. The van der Waals surface area contributed by atoms with Crippen LogP contribution in [0.5, 0.6) is 0 Å². The van der Waals surface area contributed by atoms with E-state index < -0.39 is 7.60 Å². The van der Waals surface area contributed by atoms with E-state index in [-0.39, 0.29) is 12.3 Å². The summed E-state index contributed by atoms with van der Waals surface area (Å²) < 4.78 is 29.7. The van der Waals surface area contributed by atoms with E-state index in [0.29, 0.717) is 19.6 Å². The van der Waals surface area contributed by atoms with Gasteiger partial charge in [0, 0.05) is 13.7 Å². The Kier molecular flexibility index (Phi) is 25.0. The highest BCUT2D eigenvalue weighted by atomic mass is 31.2. The molecule has 0 aromatic rings. The summed E-state index contributed by atoms with van der Waals surface area (Å²) in [5, 5.41) is 0. The van der Waals surface area contributed by atoms with E-state index in [2.05, 4.69) is 28.1 Å². The first kappa shape index (κ1) is 37.0. The van der Waals surface area contributed by atoms with Gasteiger partial charge in [-0.15, -0.1) is 0 Å². The van der Waals surface area contributed by atoms with Crippen molar-refractivity contribution in [3.05, 3.63) is 0 Å². The maximum atomic E-state index is 12.3. The molecular weight excluding hydrogens is 485 g/mol. The number of quaternary nitrogens is 1. The minimum atomic E-state index is -3.56. The molecule has 7 heteroatoms. The first-order valence-corrected chi connectivity index (χ1v) is 17.3. The van der Waals surface area contributed by atoms with E-state index in [0.717, 1.165) is 36.9 Å². The number of nitrogens with zero attached hydrogens (tertiary/aromatic N) is 1. The third-order valence-corrected chi connectivity index (χ3v) is 8.44. The lowest BCUT2D eigenvalue weighted by Gasteiger charge is -2.23. The van der Waals surface area contributed by atoms with E-state index in [4.69, 9.17) is 14.0 Å². The highest BCUT2D eigenvalue weighted by molar-refractivity contribution is 7.52. The predicted molar refractivity (Wildman–Crippen MR) is 159 cm³/mol. The lowest BCUT2D eigenvalue weighted by atomic mass is 10.0. The third-order valence-electron chi connectivity index (χ3n) is 7.03. The van der Waals surface area contributed by atoms with Crippen molar-refractivity contribution >= 4 is 7.60 Å². The molecule has 224 valence electrons. The molecule has 0 aromatic heterocycles. The van der Waals surface area contributed by atoms with E-state index in [1.807, 2.05) is 0 Å². The maximum absolute atomic E-state index is 12.3. The summed E-state index contributed by atoms with van der Waals surface area (Å²) in [7, 11) is 4.51. The lowest BCUT2D eigenvalue weighted by Crippen LogP contribution is -2.35. The van der Waals surface area contributed by atoms with Crippen LogP contribution in [0.2, 0.25) is 0 Å². The molecule has 37 heavy (non-hydrogen) atoms. The zero-order chi connectivity index (χ0) is 27.7. The normalized spacial score (nSPS) is 14.6. The minimum absolute atomic E-state index is 0.114. The average Bonchev–Trinajstić information content (AvgIpc) is 2.84. The number of hydrogen-bond donors (Lipinski definition) is 1. The fraction of sp³-hybridized carbons (Fsp3) is 1.00. The smallest absolute Gasteiger partial charge is 0.328 e. The Morgan fingerprint density at radius 1 is 0.703 bits per heavy atom. The molecule has 1 unspecified atom stereocenters. The van der Waals surface area contributed by atoms with Crippen molar-refractivity contribution in [2.75, 3.05) is 60.8 Å². The van der Waals surface area contributed by atoms with Crippen LogP contribution in [-0.4, -0.2) is 76.3 Å². The van der Waals surface area contributed by atoms with Crippen LogP contribution in [0.15, 0.2) is 0 Å². The highest BCUT2D eigenvalue weighted by Crippen LogP contribution is 2.43. The molecule has 0 rings (SSSR count). The van der Waals surface area contributed by atoms with Crippen LogP contribution in [0.25, 0.3) is 0 Å². The molecule has 2 atom stereocenters. The molecule has 0 saturated carbocycles. The van der Waals surface area contributed by atoms with Gasteiger partial charge < -0.3 is 23.4 Å². The van der Waals surface area contributed by atoms with Crippen molar-refractivity contribution in [3.63, 3.8) is 0 Å². The zero-order valence-electron chi connectivity index (χ0n) is 25.5. The fourth-order valence-electron chi connectivity index (χ4n) is 4.50. The topological polar surface area (TPSA) is 65.0 Å². The van der Waals surface area contributed by atoms with Crippen molar-refractivity contribution in [1.29, 1.82) is 0 Å². The predicted octanol–water partition coefficient (Wildman–Crippen LogP) is 8.36. The Bertz CT molecular complexity index is 527. The van der Waals surface area contributed by atoms with Crippen LogP contribution in [0.3, 0.4) is 0 Å². The number of unbranched alkanes of at least 4 members (excludes halogenated alkanes) is 16. The first-order valence-electron chi connectivity index (χ1n) is 15.6. The third kappa shape index (κ3) is 28.8. The van der Waals surface area contributed by atoms with Crippen LogP contribution in [0.4, 0.5) is 0 Å². The molecule has 1 N–H and O–H groups in total. The largest absolute Gasteiger partial charge is 0.379 e. The van der Waals surface area contributed by atoms with Gasteiger partial charge in [0.25, 0.3) is 0 Å². The van der Waals surface area contributed by atoms with Crippen LogP contribution >= 0.6 is 7.60 Å². The Morgan fingerprint density at radius 3 is 1.62 bits per heavy atom. The second kappa shape index (κ2) is 25.0. The molecule has 0 amide bonds. The van der Waals surface area contributed by atoms with Gasteiger partial charge in [0.05, 0.1) is 53.2 Å². The Hall–Kier alpha value is 0.0300. The van der Waals surface area contributed by atoms with Crippen LogP contribution in [0, 0.1) is 0 Å². The second-order valence-electron chi connectivity index (χ2n) is 11.9. The van der Waals surface area contributed by atoms with Gasteiger partial charge in [-0.3, -0.25) is 4.57 Å². The van der Waals surface area contributed by atoms with Crippen molar-refractivity contribution < 1.29 is 27.9 Å². The Morgan fingerprint density at radius 2 is 1.16 bits per heavy atom. The number of hydrogen-bond acceptors (Lipinski definition) is 4. The SMILES string of the molecule is CCCCCCCCCCCCCCCCCCOC[C@H](CCP(=O)(O)OCCCC[N+](C)(C)C)OC. The molecule has 0 radical (unpaired) electrons. The van der Waals surface area contributed by atoms with Gasteiger partial charge in [0.1, 0.15) is 0 Å². The van der Waals surface area contributed by atoms with E-state index in [9.17, 15) is 9.46 Å². The molecule has 0 aliphatic rings. The molecule has 0 spiro atoms. The van der Waals surface area contributed by atoms with Crippen molar-refractivity contribution in [2.24, 2.45) is 0 Å². The quantitative estimate of drug-likeness (QED) is 0.0576. The Balaban J connectivity index is 3.51. The second-order valence-corrected chi connectivity index (χ2v) is 13.9. The molecule has 0 fully saturated rings. The van der Waals surface area contributed by atoms with E-state index in [1.165, 1.54) is 96.3 Å². The van der Waals surface area contributed by atoms with Gasteiger partial charge in [-0.2, -0.15) is 0 Å². The molecule has 0 heterocycles. The molecule has 6 nitrogen and oxygen atoms in total. The monoisotopic (exact) mass is 550 g/mol. The van der Waals surface area contributed by atoms with E-state index in [1.54, 1.807) is 7.11 Å². The summed E-state index contributed by atoms with van der Waals surface area (Å²) in [6.07, 6.45) is 24.0. The van der Waals surface area contributed by atoms with Crippen molar-refractivity contribution in [3.8, 4) is 0 Å². The standard InChI is InChI=1S/C30H64NO5P/c1-6-7-8-9-10-11-12-13-14-15-16-17-18-19-20-22-26-35-29-30(34-5)24-28-37(32,33)36-27-23-21-25-31(2,3)4/h30H,6-29H2,1-5H3/p+1/t30-/m0/s1. The van der Waals surface area contributed by atoms with E-state index >= 15 is 0 Å². The van der Waals surface area contributed by atoms with Gasteiger partial charge in [-0.1, -0.05) is 103 Å². The molecule has 0 aromatic carbocycles. The van der Waals surface area contributed by atoms with Crippen molar-refractivity contribution in [1.82, 2.24) is 0 Å². The minimum Gasteiger partial charge on any atom is -0.379 e. The maximum Gasteiger partial charge on any atom is 0.328 e. The average molecular weight is 551 g/mol. The molecular formula is C30H65NO5P+. The van der Waals surface area contributed by atoms with Crippen LogP contribution < -0.4 is 0 Å². The number of ether oxygens (including phenoxy) is 2. The van der Waals surface area contributed by atoms with Gasteiger partial charge in [0.2, 0.25) is 0 Å². The van der Waals surface area contributed by atoms with Gasteiger partial charge >= 0.3 is 7.60 Å². The van der Waals surface area contributed by atoms with Crippen molar-refractivity contribution in [2.45, 2.75) is 135 Å². The summed E-state index contributed by atoms with van der Waals surface area (Å²) in [4.78, 5) is 10.1. The van der Waals surface area contributed by atoms with Gasteiger partial charge in [-0.25, -0.2) is 0 Å². The number of rotatable bonds is 29. The first-order chi connectivity index (χ1) is 17.7. The Labute approximate surface area is 231 Å². The fourth-order valence-corrected chi connectivity index (χ4v) is 5.66. The summed E-state index contributed by atoms with van der Waals surface area (Å²) >= 11 is 0. The van der Waals surface area contributed by atoms with Crippen LogP contribution in [0.1, 0.15) is 129 Å². The number of methoxy groups -OCH3 is 1. The summed E-state index contributed by atoms with van der Waals surface area (Å²) in [5.41, 5.74) is 0.